The Balaban J connectivity index is 2.22. The first-order valence-corrected chi connectivity index (χ1v) is 8.38. The lowest BCUT2D eigenvalue weighted by Gasteiger charge is -2.08. The molecule has 0 radical (unpaired) electrons. The van der Waals surface area contributed by atoms with Gasteiger partial charge in [0.25, 0.3) is 0 Å². The molecule has 1 heterocycles. The fourth-order valence-corrected chi connectivity index (χ4v) is 2.86. The van der Waals surface area contributed by atoms with Crippen LogP contribution >= 0.6 is 27.7 Å². The molecule has 2 aromatic rings. The number of nitrogens with zero attached hydrogens (tertiary/aromatic N) is 3. The Morgan fingerprint density at radius 2 is 2.10 bits per heavy atom. The summed E-state index contributed by atoms with van der Waals surface area (Å²) >= 11 is 4.94. The normalized spacial score (nSPS) is 10.4. The van der Waals surface area contributed by atoms with Crippen LogP contribution in [0.15, 0.2) is 38.8 Å². The van der Waals surface area contributed by atoms with Gasteiger partial charge in [-0.1, -0.05) is 28.9 Å². The molecule has 0 atom stereocenters. The van der Waals surface area contributed by atoms with Crippen molar-refractivity contribution in [3.8, 4) is 6.01 Å². The summed E-state index contributed by atoms with van der Waals surface area (Å²) in [5, 5.41) is 3.71. The monoisotopic (exact) mass is 368 g/mol. The second-order valence-corrected chi connectivity index (χ2v) is 6.12. The summed E-state index contributed by atoms with van der Waals surface area (Å²) in [5.74, 6) is 0.538. The van der Waals surface area contributed by atoms with Crippen LogP contribution < -0.4 is 10.1 Å². The number of ether oxygens (including phenoxy) is 1. The van der Waals surface area contributed by atoms with Crippen molar-refractivity contribution in [1.82, 2.24) is 15.0 Å². The second kappa shape index (κ2) is 8.19. The Hall–Kier alpha value is -1.34. The van der Waals surface area contributed by atoms with Gasteiger partial charge in [0.2, 0.25) is 11.1 Å². The quantitative estimate of drug-likeness (QED) is 0.796. The summed E-state index contributed by atoms with van der Waals surface area (Å²) in [4.78, 5) is 14.0. The van der Waals surface area contributed by atoms with E-state index >= 15 is 0 Å². The topological polar surface area (TPSA) is 59.9 Å². The van der Waals surface area contributed by atoms with Crippen LogP contribution in [-0.4, -0.2) is 28.1 Å². The van der Waals surface area contributed by atoms with E-state index in [1.807, 2.05) is 38.1 Å². The Labute approximate surface area is 137 Å². The molecule has 5 nitrogen and oxygen atoms in total. The third-order valence-corrected chi connectivity index (χ3v) is 3.72. The number of halogens is 1. The SMILES string of the molecule is CCCOc1nc(NCC)nc(Sc2cccc(Br)c2)n1. The molecule has 0 aliphatic rings. The van der Waals surface area contributed by atoms with E-state index in [4.69, 9.17) is 4.74 Å². The smallest absolute Gasteiger partial charge is 0.322 e. The fourth-order valence-electron chi connectivity index (χ4n) is 1.51. The summed E-state index contributed by atoms with van der Waals surface area (Å²) in [6.07, 6.45) is 0.913. The highest BCUT2D eigenvalue weighted by atomic mass is 79.9. The van der Waals surface area contributed by atoms with E-state index in [-0.39, 0.29) is 0 Å². The average Bonchev–Trinajstić information content (AvgIpc) is 2.45. The van der Waals surface area contributed by atoms with Crippen LogP contribution in [0, 0.1) is 0 Å². The second-order valence-electron chi connectivity index (χ2n) is 4.16. The van der Waals surface area contributed by atoms with Gasteiger partial charge in [0.05, 0.1) is 6.61 Å². The van der Waals surface area contributed by atoms with E-state index in [1.54, 1.807) is 0 Å². The van der Waals surface area contributed by atoms with E-state index in [1.165, 1.54) is 11.8 Å². The summed E-state index contributed by atoms with van der Waals surface area (Å²) in [6, 6.07) is 8.36. The highest BCUT2D eigenvalue weighted by Crippen LogP contribution is 2.28. The Kier molecular flexibility index (Phi) is 6.25. The van der Waals surface area contributed by atoms with Crippen molar-refractivity contribution >= 4 is 33.6 Å². The molecule has 7 heteroatoms. The summed E-state index contributed by atoms with van der Waals surface area (Å²) in [7, 11) is 0. The fraction of sp³-hybridized carbons (Fsp3) is 0.357. The van der Waals surface area contributed by atoms with E-state index in [9.17, 15) is 0 Å². The minimum Gasteiger partial charge on any atom is -0.463 e. The molecule has 2 rings (SSSR count). The molecular formula is C14H17BrN4OS. The zero-order valence-corrected chi connectivity index (χ0v) is 14.4. The predicted octanol–water partition coefficient (Wildman–Crippen LogP) is 4.01. The number of aromatic nitrogens is 3. The molecular weight excluding hydrogens is 352 g/mol. The van der Waals surface area contributed by atoms with Crippen molar-refractivity contribution in [1.29, 1.82) is 0 Å². The third-order valence-electron chi connectivity index (χ3n) is 2.37. The van der Waals surface area contributed by atoms with Gasteiger partial charge in [-0.15, -0.1) is 0 Å². The van der Waals surface area contributed by atoms with E-state index in [2.05, 4.69) is 36.2 Å². The highest BCUT2D eigenvalue weighted by Gasteiger charge is 2.09. The van der Waals surface area contributed by atoms with Crippen LogP contribution in [0.25, 0.3) is 0 Å². The number of rotatable bonds is 7. The maximum atomic E-state index is 5.52. The van der Waals surface area contributed by atoms with Crippen molar-refractivity contribution in [3.05, 3.63) is 28.7 Å². The minimum absolute atomic E-state index is 0.361. The van der Waals surface area contributed by atoms with Crippen molar-refractivity contribution < 1.29 is 4.74 Å². The number of nitrogens with one attached hydrogen (secondary N) is 1. The third kappa shape index (κ3) is 5.17. The number of anilines is 1. The molecule has 0 bridgehead atoms. The lowest BCUT2D eigenvalue weighted by molar-refractivity contribution is 0.288. The molecule has 1 aromatic carbocycles. The molecule has 21 heavy (non-hydrogen) atoms. The first-order chi connectivity index (χ1) is 10.2. The standard InChI is InChI=1S/C14H17BrN4OS/c1-3-8-20-13-17-12(16-4-2)18-14(19-13)21-11-7-5-6-10(15)9-11/h5-7,9H,3-4,8H2,1-2H3,(H,16,17,18,19). The molecule has 0 saturated carbocycles. The van der Waals surface area contributed by atoms with Gasteiger partial charge in [-0.25, -0.2) is 0 Å². The van der Waals surface area contributed by atoms with Crippen LogP contribution in [0.1, 0.15) is 20.3 Å². The van der Waals surface area contributed by atoms with E-state index < -0.39 is 0 Å². The zero-order valence-electron chi connectivity index (χ0n) is 12.0. The van der Waals surface area contributed by atoms with Gasteiger partial charge in [0, 0.05) is 15.9 Å². The Morgan fingerprint density at radius 1 is 1.24 bits per heavy atom. The zero-order chi connectivity index (χ0) is 15.1. The Bertz CT molecular complexity index is 597. The summed E-state index contributed by atoms with van der Waals surface area (Å²) in [6.45, 7) is 5.38. The van der Waals surface area contributed by atoms with Crippen LogP contribution in [0.3, 0.4) is 0 Å². The van der Waals surface area contributed by atoms with Crippen molar-refractivity contribution in [3.63, 3.8) is 0 Å². The van der Waals surface area contributed by atoms with Crippen LogP contribution in [0.5, 0.6) is 6.01 Å². The molecule has 0 amide bonds. The number of hydrogen-bond acceptors (Lipinski definition) is 6. The van der Waals surface area contributed by atoms with Crippen molar-refractivity contribution in [2.75, 3.05) is 18.5 Å². The van der Waals surface area contributed by atoms with Gasteiger partial charge < -0.3 is 10.1 Å². The van der Waals surface area contributed by atoms with Gasteiger partial charge in [-0.2, -0.15) is 15.0 Å². The molecule has 0 spiro atoms. The van der Waals surface area contributed by atoms with Gasteiger partial charge in [0.15, 0.2) is 0 Å². The maximum absolute atomic E-state index is 5.52. The Morgan fingerprint density at radius 3 is 2.81 bits per heavy atom. The lowest BCUT2D eigenvalue weighted by Crippen LogP contribution is -2.07. The highest BCUT2D eigenvalue weighted by molar-refractivity contribution is 9.10. The minimum atomic E-state index is 0.361. The molecule has 0 aliphatic carbocycles. The summed E-state index contributed by atoms with van der Waals surface area (Å²) < 4.78 is 6.54. The number of hydrogen-bond donors (Lipinski definition) is 1. The van der Waals surface area contributed by atoms with E-state index in [0.717, 1.165) is 22.3 Å². The van der Waals surface area contributed by atoms with Gasteiger partial charge >= 0.3 is 6.01 Å². The largest absolute Gasteiger partial charge is 0.463 e. The van der Waals surface area contributed by atoms with Gasteiger partial charge in [0.1, 0.15) is 0 Å². The molecule has 0 aliphatic heterocycles. The molecule has 0 saturated heterocycles. The van der Waals surface area contributed by atoms with Crippen LogP contribution in [0.2, 0.25) is 0 Å². The van der Waals surface area contributed by atoms with Crippen molar-refractivity contribution in [2.45, 2.75) is 30.3 Å². The lowest BCUT2D eigenvalue weighted by atomic mass is 10.4. The van der Waals surface area contributed by atoms with Crippen LogP contribution in [-0.2, 0) is 0 Å². The van der Waals surface area contributed by atoms with E-state index in [0.29, 0.717) is 23.7 Å². The van der Waals surface area contributed by atoms with Crippen molar-refractivity contribution in [2.24, 2.45) is 0 Å². The number of benzene rings is 1. The predicted molar refractivity (Wildman–Crippen MR) is 88.0 cm³/mol. The molecule has 0 unspecified atom stereocenters. The maximum Gasteiger partial charge on any atom is 0.322 e. The molecule has 112 valence electrons. The molecule has 1 N–H and O–H groups in total. The van der Waals surface area contributed by atoms with Gasteiger partial charge in [-0.3, -0.25) is 0 Å². The average molecular weight is 369 g/mol. The molecule has 0 fully saturated rings. The first-order valence-electron chi connectivity index (χ1n) is 6.77. The molecule has 1 aromatic heterocycles. The first kappa shape index (κ1) is 16.0. The summed E-state index contributed by atoms with van der Waals surface area (Å²) in [5.41, 5.74) is 0. The van der Waals surface area contributed by atoms with Gasteiger partial charge in [-0.05, 0) is 43.3 Å². The van der Waals surface area contributed by atoms with Crippen LogP contribution in [0.4, 0.5) is 5.95 Å².